The highest BCUT2D eigenvalue weighted by atomic mass is 35.5. The van der Waals surface area contributed by atoms with Gasteiger partial charge in [0.2, 0.25) is 12.0 Å². The molecule has 1 fully saturated rings. The van der Waals surface area contributed by atoms with Crippen LogP contribution in [0.3, 0.4) is 0 Å². The maximum absolute atomic E-state index is 13.5. The lowest BCUT2D eigenvalue weighted by Gasteiger charge is -2.29. The van der Waals surface area contributed by atoms with Crippen molar-refractivity contribution in [3.63, 3.8) is 0 Å². The standard InChI is InChI=1S/C36H30ClN5O2/c37-28-18-20-30(21-19-28)42(31-13-7-10-27(22-31)35(43)39-29-11-5-2-6-12-29)23-38-32-34(42)40-33(41-36(32)44)26-16-14-25(15-17-26)24-8-3-1-4-9-24/h1,3-4,7-10,13-23,29H,2,5-6,11-12H2,(H-,39,40,41,43,44)/p+1. The van der Waals surface area contributed by atoms with Crippen molar-refractivity contribution in [2.75, 3.05) is 0 Å². The van der Waals surface area contributed by atoms with Gasteiger partial charge in [-0.15, -0.1) is 0 Å². The summed E-state index contributed by atoms with van der Waals surface area (Å²) in [6.07, 6.45) is 7.18. The summed E-state index contributed by atoms with van der Waals surface area (Å²) in [6.45, 7) is 0. The normalized spacial score (nSPS) is 17.8. The Balaban J connectivity index is 1.33. The SMILES string of the molecule is O=C(NC1CCCCC1)c1cccc([N+]2(c3ccc(Cl)cc3)C=Nc3c2nc(-c2ccc(-c4ccccc4)cc2)[nH]c3=O)c1. The summed E-state index contributed by atoms with van der Waals surface area (Å²) in [5, 5.41) is 3.81. The largest absolute Gasteiger partial charge is 0.349 e. The van der Waals surface area contributed by atoms with E-state index >= 15 is 0 Å². The zero-order chi connectivity index (χ0) is 30.1. The van der Waals surface area contributed by atoms with Crippen molar-refractivity contribution in [2.24, 2.45) is 4.99 Å². The van der Waals surface area contributed by atoms with E-state index < -0.39 is 0 Å². The Hall–Kier alpha value is -4.85. The zero-order valence-electron chi connectivity index (χ0n) is 24.0. The number of aromatic amines is 1. The number of nitrogens with zero attached hydrogens (tertiary/aromatic N) is 3. The number of aromatic nitrogens is 2. The van der Waals surface area contributed by atoms with Gasteiger partial charge in [0.25, 0.3) is 17.3 Å². The molecule has 1 aromatic heterocycles. The number of quaternary nitrogens is 1. The number of H-pyrrole nitrogens is 1. The van der Waals surface area contributed by atoms with Gasteiger partial charge in [-0.25, -0.2) is 0 Å². The molecule has 1 unspecified atom stereocenters. The van der Waals surface area contributed by atoms with Crippen molar-refractivity contribution in [3.8, 4) is 22.5 Å². The molecule has 2 aliphatic rings. The first-order valence-corrected chi connectivity index (χ1v) is 15.3. The Kier molecular flexibility index (Phi) is 7.42. The molecule has 7 rings (SSSR count). The third-order valence-corrected chi connectivity index (χ3v) is 8.78. The predicted molar refractivity (Wildman–Crippen MR) is 177 cm³/mol. The lowest BCUT2D eigenvalue weighted by molar-refractivity contribution is 0.0927. The average Bonchev–Trinajstić information content (AvgIpc) is 3.47. The van der Waals surface area contributed by atoms with Gasteiger partial charge in [0.15, 0.2) is 5.69 Å². The number of hydrogen-bond acceptors (Lipinski definition) is 4. The van der Waals surface area contributed by atoms with Crippen LogP contribution >= 0.6 is 11.6 Å². The first-order valence-electron chi connectivity index (χ1n) is 14.9. The van der Waals surface area contributed by atoms with Gasteiger partial charge in [-0.3, -0.25) is 9.59 Å². The van der Waals surface area contributed by atoms with Gasteiger partial charge in [-0.2, -0.15) is 14.5 Å². The molecule has 1 aliphatic carbocycles. The molecule has 4 aromatic carbocycles. The van der Waals surface area contributed by atoms with Crippen molar-refractivity contribution in [3.05, 3.63) is 124 Å². The third kappa shape index (κ3) is 5.14. The van der Waals surface area contributed by atoms with Gasteiger partial charge in [0.05, 0.1) is 0 Å². The second kappa shape index (κ2) is 11.7. The molecule has 0 spiro atoms. The second-order valence-corrected chi connectivity index (χ2v) is 11.8. The molecule has 218 valence electrons. The minimum atomic E-state index is -0.339. The maximum atomic E-state index is 13.5. The molecule has 2 N–H and O–H groups in total. The summed E-state index contributed by atoms with van der Waals surface area (Å²) in [6, 6.07) is 33.1. The molecule has 1 saturated carbocycles. The van der Waals surface area contributed by atoms with E-state index in [0.717, 1.165) is 53.7 Å². The van der Waals surface area contributed by atoms with Crippen molar-refractivity contribution in [2.45, 2.75) is 38.1 Å². The molecular formula is C36H31ClN5O2+. The molecule has 2 heterocycles. The van der Waals surface area contributed by atoms with Crippen LogP contribution in [0.15, 0.2) is 113 Å². The van der Waals surface area contributed by atoms with E-state index in [1.807, 2.05) is 78.9 Å². The molecule has 0 radical (unpaired) electrons. The summed E-state index contributed by atoms with van der Waals surface area (Å²) in [4.78, 5) is 39.5. The minimum Gasteiger partial charge on any atom is -0.349 e. The first-order chi connectivity index (χ1) is 21.5. The average molecular weight is 601 g/mol. The summed E-state index contributed by atoms with van der Waals surface area (Å²) >= 11 is 6.29. The smallest absolute Gasteiger partial charge is 0.283 e. The molecule has 5 aromatic rings. The quantitative estimate of drug-likeness (QED) is 0.192. The molecule has 8 heteroatoms. The number of fused-ring (bicyclic) bond motifs is 1. The zero-order valence-corrected chi connectivity index (χ0v) is 24.8. The number of carbonyl (C=O) groups is 1. The number of aliphatic imine (C=N–C) groups is 1. The molecule has 7 nitrogen and oxygen atoms in total. The molecule has 0 bridgehead atoms. The van der Waals surface area contributed by atoms with Crippen LogP contribution in [0.4, 0.5) is 22.9 Å². The van der Waals surface area contributed by atoms with Crippen LogP contribution in [0, 0.1) is 0 Å². The van der Waals surface area contributed by atoms with E-state index in [2.05, 4.69) is 27.4 Å². The fourth-order valence-corrected chi connectivity index (χ4v) is 6.32. The minimum absolute atomic E-state index is 0.0733. The third-order valence-electron chi connectivity index (χ3n) is 8.53. The Morgan fingerprint density at radius 1 is 0.795 bits per heavy atom. The van der Waals surface area contributed by atoms with E-state index in [9.17, 15) is 9.59 Å². The van der Waals surface area contributed by atoms with Gasteiger partial charge < -0.3 is 10.3 Å². The van der Waals surface area contributed by atoms with Gasteiger partial charge in [-0.05, 0) is 42.2 Å². The summed E-state index contributed by atoms with van der Waals surface area (Å²) in [5.74, 6) is 0.770. The van der Waals surface area contributed by atoms with Gasteiger partial charge >= 0.3 is 0 Å². The van der Waals surface area contributed by atoms with E-state index in [1.165, 1.54) is 6.42 Å². The van der Waals surface area contributed by atoms with E-state index in [1.54, 1.807) is 18.5 Å². The van der Waals surface area contributed by atoms with Crippen LogP contribution in [0.25, 0.3) is 22.5 Å². The molecule has 1 aliphatic heterocycles. The summed E-state index contributed by atoms with van der Waals surface area (Å²) < 4.78 is -0.0733. The predicted octanol–water partition coefficient (Wildman–Crippen LogP) is 8.46. The Bertz CT molecular complexity index is 1910. The Morgan fingerprint density at radius 3 is 2.25 bits per heavy atom. The van der Waals surface area contributed by atoms with Crippen molar-refractivity contribution >= 4 is 46.7 Å². The molecule has 0 saturated heterocycles. The summed E-state index contributed by atoms with van der Waals surface area (Å²) in [5.41, 5.74) is 4.88. The summed E-state index contributed by atoms with van der Waals surface area (Å²) in [7, 11) is 0. The Morgan fingerprint density at radius 2 is 1.50 bits per heavy atom. The number of hydrogen-bond donors (Lipinski definition) is 2. The lowest BCUT2D eigenvalue weighted by atomic mass is 9.95. The van der Waals surface area contributed by atoms with Crippen molar-refractivity contribution < 1.29 is 4.79 Å². The Labute approximate surface area is 260 Å². The lowest BCUT2D eigenvalue weighted by Crippen LogP contribution is -2.38. The highest BCUT2D eigenvalue weighted by Crippen LogP contribution is 2.48. The van der Waals surface area contributed by atoms with Crippen LogP contribution < -0.4 is 15.4 Å². The number of nitrogens with one attached hydrogen (secondary N) is 2. The van der Waals surface area contributed by atoms with Gasteiger partial charge in [-0.1, -0.05) is 91.5 Å². The monoisotopic (exact) mass is 600 g/mol. The topological polar surface area (TPSA) is 87.2 Å². The molecule has 1 atom stereocenters. The van der Waals surface area contributed by atoms with E-state index in [4.69, 9.17) is 16.6 Å². The number of carbonyl (C=O) groups excluding carboxylic acids is 1. The fraction of sp³-hybridized carbons (Fsp3) is 0.167. The number of halogens is 1. The number of benzene rings is 4. The van der Waals surface area contributed by atoms with Crippen LogP contribution in [-0.2, 0) is 0 Å². The van der Waals surface area contributed by atoms with E-state index in [-0.39, 0.29) is 27.7 Å². The van der Waals surface area contributed by atoms with Crippen LogP contribution in [0.2, 0.25) is 5.02 Å². The number of amides is 1. The highest BCUT2D eigenvalue weighted by molar-refractivity contribution is 6.30. The first kappa shape index (κ1) is 28.0. The van der Waals surface area contributed by atoms with Crippen LogP contribution in [0.5, 0.6) is 0 Å². The molecular weight excluding hydrogens is 570 g/mol. The molecule has 1 amide bonds. The second-order valence-electron chi connectivity index (χ2n) is 11.3. The van der Waals surface area contributed by atoms with Gasteiger partial charge in [0.1, 0.15) is 11.5 Å². The maximum Gasteiger partial charge on any atom is 0.283 e. The van der Waals surface area contributed by atoms with E-state index in [0.29, 0.717) is 22.2 Å². The highest BCUT2D eigenvalue weighted by Gasteiger charge is 2.45. The molecule has 44 heavy (non-hydrogen) atoms. The van der Waals surface area contributed by atoms with Crippen LogP contribution in [0.1, 0.15) is 42.5 Å². The van der Waals surface area contributed by atoms with Crippen molar-refractivity contribution in [1.82, 2.24) is 19.8 Å². The van der Waals surface area contributed by atoms with Gasteiger partial charge in [0, 0.05) is 46.5 Å². The fourth-order valence-electron chi connectivity index (χ4n) is 6.19. The van der Waals surface area contributed by atoms with Crippen molar-refractivity contribution in [1.29, 1.82) is 0 Å². The number of rotatable bonds is 6. The van der Waals surface area contributed by atoms with Crippen LogP contribution in [-0.4, -0.2) is 28.3 Å².